The van der Waals surface area contributed by atoms with Gasteiger partial charge < -0.3 is 0 Å². The zero-order valence-electron chi connectivity index (χ0n) is 11.8. The number of aromatic amines is 1. The summed E-state index contributed by atoms with van der Waals surface area (Å²) in [6.45, 7) is 2.07. The summed E-state index contributed by atoms with van der Waals surface area (Å²) in [4.78, 5) is 30.6. The number of aryl methyl sites for hydroxylation is 1. The predicted molar refractivity (Wildman–Crippen MR) is 79.3 cm³/mol. The maximum atomic E-state index is 12.7. The van der Waals surface area contributed by atoms with Gasteiger partial charge in [0.15, 0.2) is 5.65 Å². The third-order valence-corrected chi connectivity index (χ3v) is 3.88. The zero-order valence-corrected chi connectivity index (χ0v) is 11.8. The van der Waals surface area contributed by atoms with Gasteiger partial charge in [0.2, 0.25) is 0 Å². The molecule has 0 fully saturated rings. The Morgan fingerprint density at radius 2 is 1.91 bits per heavy atom. The van der Waals surface area contributed by atoms with Crippen molar-refractivity contribution >= 4 is 22.8 Å². The van der Waals surface area contributed by atoms with E-state index in [4.69, 9.17) is 0 Å². The van der Waals surface area contributed by atoms with E-state index >= 15 is 0 Å². The molecule has 108 valence electrons. The molecule has 0 bridgehead atoms. The van der Waals surface area contributed by atoms with Crippen molar-refractivity contribution in [1.82, 2.24) is 20.1 Å². The Morgan fingerprint density at radius 1 is 1.14 bits per heavy atom. The van der Waals surface area contributed by atoms with Crippen molar-refractivity contribution in [2.75, 3.05) is 0 Å². The van der Waals surface area contributed by atoms with Gasteiger partial charge in [0.1, 0.15) is 0 Å². The molecule has 0 aliphatic carbocycles. The van der Waals surface area contributed by atoms with Gasteiger partial charge in [0.05, 0.1) is 23.1 Å². The van der Waals surface area contributed by atoms with Crippen molar-refractivity contribution < 1.29 is 9.59 Å². The van der Waals surface area contributed by atoms with Crippen LogP contribution >= 0.6 is 0 Å². The van der Waals surface area contributed by atoms with Crippen LogP contribution < -0.4 is 0 Å². The fraction of sp³-hybridized carbons (Fsp3) is 0.125. The molecule has 0 radical (unpaired) electrons. The average molecular weight is 292 g/mol. The Balaban J connectivity index is 1.82. The van der Waals surface area contributed by atoms with Crippen molar-refractivity contribution in [3.63, 3.8) is 0 Å². The summed E-state index contributed by atoms with van der Waals surface area (Å²) in [5.74, 6) is -0.598. The average Bonchev–Trinajstić information content (AvgIpc) is 3.02. The molecule has 1 N–H and O–H groups in total. The van der Waals surface area contributed by atoms with Crippen LogP contribution in [-0.2, 0) is 6.54 Å². The van der Waals surface area contributed by atoms with Crippen LogP contribution in [0, 0.1) is 6.92 Å². The largest absolute Gasteiger partial charge is 0.280 e. The molecule has 0 spiro atoms. The summed E-state index contributed by atoms with van der Waals surface area (Å²) in [6.07, 6.45) is 1.43. The van der Waals surface area contributed by atoms with Crippen LogP contribution in [0.15, 0.2) is 36.5 Å². The molecule has 1 aliphatic rings. The van der Waals surface area contributed by atoms with E-state index in [1.54, 1.807) is 0 Å². The summed E-state index contributed by atoms with van der Waals surface area (Å²) >= 11 is 0. The molecule has 2 amide bonds. The lowest BCUT2D eigenvalue weighted by atomic mass is 10.1. The standard InChI is InChI=1S/C16H12N4O2/c1-9-12-13-11(7-17-14(12)19-18-9)15(21)20(16(13)22)8-10-5-3-2-4-6-10/h2-7H,8H2,1H3,(H,17,18,19). The number of hydrogen-bond acceptors (Lipinski definition) is 4. The Kier molecular flexibility index (Phi) is 2.59. The Labute approximate surface area is 125 Å². The van der Waals surface area contributed by atoms with Crippen LogP contribution in [0.1, 0.15) is 32.0 Å². The van der Waals surface area contributed by atoms with E-state index in [1.807, 2.05) is 37.3 Å². The lowest BCUT2D eigenvalue weighted by Crippen LogP contribution is -2.29. The SMILES string of the molecule is Cc1[nH]nc2ncc3c(c12)C(=O)N(Cc1ccccc1)C3=O. The first-order chi connectivity index (χ1) is 10.7. The van der Waals surface area contributed by atoms with Crippen LogP contribution in [0.2, 0.25) is 0 Å². The van der Waals surface area contributed by atoms with Crippen molar-refractivity contribution in [1.29, 1.82) is 0 Å². The van der Waals surface area contributed by atoms with Gasteiger partial charge in [-0.15, -0.1) is 0 Å². The molecular formula is C16H12N4O2. The molecule has 3 heterocycles. The highest BCUT2D eigenvalue weighted by Gasteiger charge is 2.38. The topological polar surface area (TPSA) is 79.0 Å². The maximum Gasteiger partial charge on any atom is 0.263 e. The van der Waals surface area contributed by atoms with E-state index in [-0.39, 0.29) is 18.4 Å². The lowest BCUT2D eigenvalue weighted by molar-refractivity contribution is 0.0643. The molecule has 0 unspecified atom stereocenters. The first-order valence-corrected chi connectivity index (χ1v) is 6.90. The highest BCUT2D eigenvalue weighted by Crippen LogP contribution is 2.30. The van der Waals surface area contributed by atoms with Crippen molar-refractivity contribution in [2.24, 2.45) is 0 Å². The van der Waals surface area contributed by atoms with Gasteiger partial charge in [0, 0.05) is 11.9 Å². The maximum absolute atomic E-state index is 12.7. The summed E-state index contributed by atoms with van der Waals surface area (Å²) in [5, 5.41) is 7.49. The summed E-state index contributed by atoms with van der Waals surface area (Å²) < 4.78 is 0. The van der Waals surface area contributed by atoms with Gasteiger partial charge in [-0.25, -0.2) is 4.98 Å². The van der Waals surface area contributed by atoms with Crippen LogP contribution in [-0.4, -0.2) is 31.9 Å². The fourth-order valence-corrected chi connectivity index (χ4v) is 2.80. The Morgan fingerprint density at radius 3 is 2.68 bits per heavy atom. The number of aromatic nitrogens is 3. The molecule has 6 nitrogen and oxygen atoms in total. The van der Waals surface area contributed by atoms with Gasteiger partial charge in [-0.05, 0) is 12.5 Å². The van der Waals surface area contributed by atoms with E-state index in [2.05, 4.69) is 15.2 Å². The number of rotatable bonds is 2. The van der Waals surface area contributed by atoms with E-state index in [0.717, 1.165) is 11.3 Å². The highest BCUT2D eigenvalue weighted by atomic mass is 16.2. The molecule has 22 heavy (non-hydrogen) atoms. The number of pyridine rings is 1. The molecular weight excluding hydrogens is 280 g/mol. The molecule has 1 aliphatic heterocycles. The number of carbonyl (C=O) groups is 2. The second-order valence-electron chi connectivity index (χ2n) is 5.28. The second kappa shape index (κ2) is 4.49. The molecule has 0 atom stereocenters. The molecule has 0 saturated heterocycles. The van der Waals surface area contributed by atoms with Gasteiger partial charge in [-0.2, -0.15) is 5.10 Å². The normalized spacial score (nSPS) is 14.0. The number of hydrogen-bond donors (Lipinski definition) is 1. The number of imide groups is 1. The molecule has 3 aromatic rings. The molecule has 2 aromatic heterocycles. The minimum atomic E-state index is -0.307. The summed E-state index contributed by atoms with van der Waals surface area (Å²) in [7, 11) is 0. The lowest BCUT2D eigenvalue weighted by Gasteiger charge is -2.13. The number of carbonyl (C=O) groups excluding carboxylic acids is 2. The molecule has 4 rings (SSSR count). The number of benzene rings is 1. The monoisotopic (exact) mass is 292 g/mol. The minimum Gasteiger partial charge on any atom is -0.280 e. The highest BCUT2D eigenvalue weighted by molar-refractivity contribution is 6.26. The van der Waals surface area contributed by atoms with Crippen LogP contribution in [0.3, 0.4) is 0 Å². The molecule has 6 heteroatoms. The fourth-order valence-electron chi connectivity index (χ4n) is 2.80. The minimum absolute atomic E-state index is 0.256. The predicted octanol–water partition coefficient (Wildman–Crippen LogP) is 2.06. The zero-order chi connectivity index (χ0) is 15.3. The van der Waals surface area contributed by atoms with Gasteiger partial charge in [-0.3, -0.25) is 19.6 Å². The van der Waals surface area contributed by atoms with E-state index in [1.165, 1.54) is 11.1 Å². The quantitative estimate of drug-likeness (QED) is 0.733. The summed E-state index contributed by atoms with van der Waals surface area (Å²) in [5.41, 5.74) is 2.85. The second-order valence-corrected chi connectivity index (χ2v) is 5.28. The van der Waals surface area contributed by atoms with Crippen molar-refractivity contribution in [3.05, 3.63) is 58.9 Å². The van der Waals surface area contributed by atoms with Crippen molar-refractivity contribution in [3.8, 4) is 0 Å². The van der Waals surface area contributed by atoms with E-state index < -0.39 is 0 Å². The Bertz CT molecular complexity index is 915. The number of amides is 2. The number of fused-ring (bicyclic) bond motifs is 3. The third kappa shape index (κ3) is 1.67. The number of nitrogens with one attached hydrogen (secondary N) is 1. The van der Waals surface area contributed by atoms with E-state index in [0.29, 0.717) is 22.2 Å². The van der Waals surface area contributed by atoms with Crippen LogP contribution in [0.5, 0.6) is 0 Å². The first kappa shape index (κ1) is 12.7. The number of H-pyrrole nitrogens is 1. The molecule has 0 saturated carbocycles. The number of nitrogens with zero attached hydrogens (tertiary/aromatic N) is 3. The smallest absolute Gasteiger partial charge is 0.263 e. The van der Waals surface area contributed by atoms with Gasteiger partial charge in [0.25, 0.3) is 11.8 Å². The third-order valence-electron chi connectivity index (χ3n) is 3.88. The Hall–Kier alpha value is -3.02. The first-order valence-electron chi connectivity index (χ1n) is 6.90. The molecule has 1 aromatic carbocycles. The van der Waals surface area contributed by atoms with E-state index in [9.17, 15) is 9.59 Å². The van der Waals surface area contributed by atoms with Gasteiger partial charge in [-0.1, -0.05) is 30.3 Å². The van der Waals surface area contributed by atoms with Crippen LogP contribution in [0.4, 0.5) is 0 Å². The van der Waals surface area contributed by atoms with Crippen molar-refractivity contribution in [2.45, 2.75) is 13.5 Å². The summed E-state index contributed by atoms with van der Waals surface area (Å²) in [6, 6.07) is 9.44. The van der Waals surface area contributed by atoms with Gasteiger partial charge >= 0.3 is 0 Å². The van der Waals surface area contributed by atoms with Crippen LogP contribution in [0.25, 0.3) is 11.0 Å².